The van der Waals surface area contributed by atoms with Crippen molar-refractivity contribution < 1.29 is 4.39 Å². The minimum Gasteiger partial charge on any atom is -0.379 e. The van der Waals surface area contributed by atoms with Gasteiger partial charge in [0.05, 0.1) is 0 Å². The van der Waals surface area contributed by atoms with E-state index in [1.807, 2.05) is 13.0 Å². The van der Waals surface area contributed by atoms with Crippen LogP contribution in [0.3, 0.4) is 0 Å². The van der Waals surface area contributed by atoms with Gasteiger partial charge in [-0.3, -0.25) is 0 Å². The number of benzene rings is 2. The van der Waals surface area contributed by atoms with Gasteiger partial charge in [0.1, 0.15) is 5.82 Å². The lowest BCUT2D eigenvalue weighted by atomic mass is 9.87. The minimum atomic E-state index is -0.195. The van der Waals surface area contributed by atoms with Gasteiger partial charge in [-0.05, 0) is 47.7 Å². The fourth-order valence-electron chi connectivity index (χ4n) is 2.18. The van der Waals surface area contributed by atoms with E-state index < -0.39 is 0 Å². The van der Waals surface area contributed by atoms with Crippen LogP contribution in [-0.4, -0.2) is 0 Å². The molecule has 0 aliphatic rings. The third-order valence-corrected chi connectivity index (χ3v) is 3.48. The number of hydrogen-bond donors (Lipinski definition) is 1. The van der Waals surface area contributed by atoms with Crippen molar-refractivity contribution in [1.82, 2.24) is 0 Å². The first-order valence-electron chi connectivity index (χ1n) is 6.99. The maximum atomic E-state index is 13.2. The van der Waals surface area contributed by atoms with E-state index in [-0.39, 0.29) is 17.3 Å². The average molecular weight is 271 g/mol. The van der Waals surface area contributed by atoms with Crippen LogP contribution in [0.2, 0.25) is 0 Å². The van der Waals surface area contributed by atoms with Gasteiger partial charge < -0.3 is 5.32 Å². The first-order valence-corrected chi connectivity index (χ1v) is 6.99. The molecule has 2 rings (SSSR count). The predicted molar refractivity (Wildman–Crippen MR) is 83.6 cm³/mol. The van der Waals surface area contributed by atoms with Crippen LogP contribution < -0.4 is 5.32 Å². The zero-order chi connectivity index (χ0) is 14.8. The van der Waals surface area contributed by atoms with E-state index in [1.54, 1.807) is 12.1 Å². The van der Waals surface area contributed by atoms with Gasteiger partial charge in [0.2, 0.25) is 0 Å². The van der Waals surface area contributed by atoms with Gasteiger partial charge in [-0.2, -0.15) is 0 Å². The highest BCUT2D eigenvalue weighted by atomic mass is 19.1. The summed E-state index contributed by atoms with van der Waals surface area (Å²) in [6.07, 6.45) is 0. The molecule has 0 saturated heterocycles. The van der Waals surface area contributed by atoms with Crippen molar-refractivity contribution in [2.45, 2.75) is 39.2 Å². The first-order chi connectivity index (χ1) is 9.36. The normalized spacial score (nSPS) is 13.1. The second-order valence-electron chi connectivity index (χ2n) is 6.25. The molecule has 0 saturated carbocycles. The number of anilines is 1. The Morgan fingerprint density at radius 2 is 1.65 bits per heavy atom. The summed E-state index contributed by atoms with van der Waals surface area (Å²) in [5, 5.41) is 3.40. The fourth-order valence-corrected chi connectivity index (χ4v) is 2.18. The lowest BCUT2D eigenvalue weighted by Gasteiger charge is -2.20. The standard InChI is InChI=1S/C18H22FN/c1-13(14-6-5-7-16(19)12-14)20-17-10-8-15(9-11-17)18(2,3)4/h5-13,20H,1-4H3. The van der Waals surface area contributed by atoms with E-state index in [4.69, 9.17) is 0 Å². The van der Waals surface area contributed by atoms with Crippen LogP contribution in [0.5, 0.6) is 0 Å². The molecular formula is C18H22FN. The van der Waals surface area contributed by atoms with Gasteiger partial charge in [0, 0.05) is 11.7 Å². The van der Waals surface area contributed by atoms with Gasteiger partial charge in [-0.25, -0.2) is 4.39 Å². The summed E-state index contributed by atoms with van der Waals surface area (Å²) in [6.45, 7) is 8.63. The van der Waals surface area contributed by atoms with Crippen LogP contribution in [0.25, 0.3) is 0 Å². The highest BCUT2D eigenvalue weighted by Crippen LogP contribution is 2.25. The molecule has 2 heteroatoms. The Kier molecular flexibility index (Phi) is 4.12. The maximum absolute atomic E-state index is 13.2. The molecule has 0 amide bonds. The summed E-state index contributed by atoms with van der Waals surface area (Å²) < 4.78 is 13.2. The summed E-state index contributed by atoms with van der Waals surface area (Å²) in [5.74, 6) is -0.195. The molecule has 0 aliphatic heterocycles. The third kappa shape index (κ3) is 3.60. The van der Waals surface area contributed by atoms with E-state index >= 15 is 0 Å². The molecule has 0 aliphatic carbocycles. The molecule has 2 aromatic rings. The lowest BCUT2D eigenvalue weighted by molar-refractivity contribution is 0.590. The van der Waals surface area contributed by atoms with Crippen LogP contribution in [0, 0.1) is 5.82 Å². The topological polar surface area (TPSA) is 12.0 Å². The molecule has 0 spiro atoms. The molecule has 20 heavy (non-hydrogen) atoms. The zero-order valence-corrected chi connectivity index (χ0v) is 12.6. The number of halogens is 1. The van der Waals surface area contributed by atoms with E-state index in [1.165, 1.54) is 11.6 Å². The van der Waals surface area contributed by atoms with Gasteiger partial charge in [-0.1, -0.05) is 45.0 Å². The summed E-state index contributed by atoms with van der Waals surface area (Å²) >= 11 is 0. The second-order valence-corrected chi connectivity index (χ2v) is 6.25. The molecule has 0 fully saturated rings. The zero-order valence-electron chi connectivity index (χ0n) is 12.6. The predicted octanol–water partition coefficient (Wildman–Crippen LogP) is 5.30. The van der Waals surface area contributed by atoms with E-state index in [2.05, 4.69) is 50.4 Å². The van der Waals surface area contributed by atoms with Crippen molar-refractivity contribution in [1.29, 1.82) is 0 Å². The maximum Gasteiger partial charge on any atom is 0.123 e. The Morgan fingerprint density at radius 1 is 1.00 bits per heavy atom. The Bertz CT molecular complexity index is 567. The summed E-state index contributed by atoms with van der Waals surface area (Å²) in [4.78, 5) is 0. The highest BCUT2D eigenvalue weighted by Gasteiger charge is 2.13. The Morgan fingerprint density at radius 3 is 2.20 bits per heavy atom. The van der Waals surface area contributed by atoms with Crippen LogP contribution >= 0.6 is 0 Å². The van der Waals surface area contributed by atoms with Crippen molar-refractivity contribution in [3.05, 3.63) is 65.5 Å². The van der Waals surface area contributed by atoms with Crippen molar-refractivity contribution in [3.63, 3.8) is 0 Å². The summed E-state index contributed by atoms with van der Waals surface area (Å²) in [5.41, 5.74) is 3.47. The van der Waals surface area contributed by atoms with Crippen molar-refractivity contribution in [3.8, 4) is 0 Å². The fraction of sp³-hybridized carbons (Fsp3) is 0.333. The van der Waals surface area contributed by atoms with Crippen LogP contribution in [0.4, 0.5) is 10.1 Å². The van der Waals surface area contributed by atoms with Gasteiger partial charge >= 0.3 is 0 Å². The van der Waals surface area contributed by atoms with Crippen molar-refractivity contribution in [2.75, 3.05) is 5.32 Å². The molecular weight excluding hydrogens is 249 g/mol. The molecule has 1 atom stereocenters. The minimum absolute atomic E-state index is 0.0752. The Hall–Kier alpha value is -1.83. The Labute approximate surface area is 120 Å². The monoisotopic (exact) mass is 271 g/mol. The van der Waals surface area contributed by atoms with Gasteiger partial charge in [-0.15, -0.1) is 0 Å². The number of rotatable bonds is 3. The molecule has 0 radical (unpaired) electrons. The largest absolute Gasteiger partial charge is 0.379 e. The van der Waals surface area contributed by atoms with E-state index in [9.17, 15) is 4.39 Å². The molecule has 1 nitrogen and oxygen atoms in total. The average Bonchev–Trinajstić information content (AvgIpc) is 2.38. The SMILES string of the molecule is CC(Nc1ccc(C(C)(C)C)cc1)c1cccc(F)c1. The van der Waals surface area contributed by atoms with E-state index in [0.29, 0.717) is 0 Å². The molecule has 1 unspecified atom stereocenters. The van der Waals surface area contributed by atoms with Crippen LogP contribution in [0.1, 0.15) is 44.9 Å². The summed E-state index contributed by atoms with van der Waals surface area (Å²) in [7, 11) is 0. The van der Waals surface area contributed by atoms with Gasteiger partial charge in [0.25, 0.3) is 0 Å². The summed E-state index contributed by atoms with van der Waals surface area (Å²) in [6, 6.07) is 15.2. The number of hydrogen-bond acceptors (Lipinski definition) is 1. The van der Waals surface area contributed by atoms with Crippen LogP contribution in [-0.2, 0) is 5.41 Å². The molecule has 2 aromatic carbocycles. The first kappa shape index (κ1) is 14.6. The van der Waals surface area contributed by atoms with Gasteiger partial charge in [0.15, 0.2) is 0 Å². The van der Waals surface area contributed by atoms with Crippen molar-refractivity contribution >= 4 is 5.69 Å². The third-order valence-electron chi connectivity index (χ3n) is 3.48. The second kappa shape index (κ2) is 5.66. The molecule has 0 heterocycles. The molecule has 0 bridgehead atoms. The van der Waals surface area contributed by atoms with Crippen molar-refractivity contribution in [2.24, 2.45) is 0 Å². The Balaban J connectivity index is 2.10. The molecule has 1 N–H and O–H groups in total. The smallest absolute Gasteiger partial charge is 0.123 e. The molecule has 0 aromatic heterocycles. The number of nitrogens with one attached hydrogen (secondary N) is 1. The molecule has 106 valence electrons. The van der Waals surface area contributed by atoms with Crippen LogP contribution in [0.15, 0.2) is 48.5 Å². The quantitative estimate of drug-likeness (QED) is 0.799. The lowest BCUT2D eigenvalue weighted by Crippen LogP contribution is -2.11. The highest BCUT2D eigenvalue weighted by molar-refractivity contribution is 5.47. The van der Waals surface area contributed by atoms with E-state index in [0.717, 1.165) is 11.3 Å².